The number of rotatable bonds is 6. The summed E-state index contributed by atoms with van der Waals surface area (Å²) in [5.41, 5.74) is 5.67. The van der Waals surface area contributed by atoms with E-state index in [9.17, 15) is 18.0 Å². The van der Waals surface area contributed by atoms with Crippen LogP contribution in [0.4, 0.5) is 24.8 Å². The Morgan fingerprint density at radius 1 is 1.31 bits per heavy atom. The Hall–Kier alpha value is -3.18. The zero-order chi connectivity index (χ0) is 22.9. The molecule has 4 rings (SSSR count). The lowest BCUT2D eigenvalue weighted by Gasteiger charge is -2.13. The first kappa shape index (κ1) is 22.0. The third-order valence-corrected chi connectivity index (χ3v) is 5.40. The third kappa shape index (κ3) is 4.83. The second-order valence-electron chi connectivity index (χ2n) is 7.63. The molecule has 1 fully saturated rings. The second kappa shape index (κ2) is 8.75. The molecular formula is C21H23F3N6O2. The van der Waals surface area contributed by atoms with Crippen LogP contribution < -0.4 is 11.1 Å². The van der Waals surface area contributed by atoms with Crippen LogP contribution in [0.1, 0.15) is 18.9 Å². The minimum Gasteiger partial charge on any atom is -0.383 e. The second-order valence-corrected chi connectivity index (χ2v) is 7.63. The molecule has 1 atom stereocenters. The molecule has 11 heteroatoms. The van der Waals surface area contributed by atoms with Crippen LogP contribution in [0.2, 0.25) is 0 Å². The van der Waals surface area contributed by atoms with E-state index in [-0.39, 0.29) is 24.2 Å². The quantitative estimate of drug-likeness (QED) is 0.602. The van der Waals surface area contributed by atoms with Crippen molar-refractivity contribution in [3.63, 3.8) is 0 Å². The highest BCUT2D eigenvalue weighted by molar-refractivity contribution is 5.91. The van der Waals surface area contributed by atoms with Gasteiger partial charge in [-0.2, -0.15) is 13.2 Å². The monoisotopic (exact) mass is 448 g/mol. The molecule has 4 heterocycles. The molecule has 32 heavy (non-hydrogen) atoms. The van der Waals surface area contributed by atoms with E-state index in [2.05, 4.69) is 27.1 Å². The number of hydrogen-bond acceptors (Lipinski definition) is 6. The molecule has 0 aliphatic carbocycles. The van der Waals surface area contributed by atoms with Gasteiger partial charge in [-0.05, 0) is 31.2 Å². The molecule has 1 amide bonds. The lowest BCUT2D eigenvalue weighted by Crippen LogP contribution is -2.26. The number of fused-ring (bicyclic) bond motifs is 1. The van der Waals surface area contributed by atoms with E-state index in [1.807, 2.05) is 0 Å². The number of aromatic nitrogens is 3. The van der Waals surface area contributed by atoms with E-state index in [1.165, 1.54) is 6.20 Å². The first-order valence-electron chi connectivity index (χ1n) is 10.2. The molecular weight excluding hydrogens is 425 g/mol. The highest BCUT2D eigenvalue weighted by Crippen LogP contribution is 2.35. The summed E-state index contributed by atoms with van der Waals surface area (Å²) in [7, 11) is 0. The number of pyridine rings is 2. The Kier molecular flexibility index (Phi) is 6.02. The van der Waals surface area contributed by atoms with Crippen molar-refractivity contribution in [3.8, 4) is 11.1 Å². The molecule has 1 aliphatic rings. The van der Waals surface area contributed by atoms with Crippen LogP contribution >= 0.6 is 0 Å². The molecule has 0 spiro atoms. The largest absolute Gasteiger partial charge is 0.419 e. The number of alkyl halides is 3. The maximum absolute atomic E-state index is 13.1. The third-order valence-electron chi connectivity index (χ3n) is 5.40. The molecule has 170 valence electrons. The van der Waals surface area contributed by atoms with Crippen molar-refractivity contribution in [2.24, 2.45) is 0 Å². The van der Waals surface area contributed by atoms with Crippen molar-refractivity contribution in [2.75, 3.05) is 37.3 Å². The molecule has 0 radical (unpaired) electrons. The highest BCUT2D eigenvalue weighted by atomic mass is 19.4. The number of likely N-dealkylation sites (tertiary alicyclic amines) is 1. The van der Waals surface area contributed by atoms with Crippen LogP contribution in [0.25, 0.3) is 16.8 Å². The normalized spacial score (nSPS) is 17.2. The SMILES string of the molecule is CCN1CC[C@@H](OCC(=O)Nc2cn3cc(-c4cnc(N)c(C(F)(F)F)c4)ccc3n2)C1. The summed E-state index contributed by atoms with van der Waals surface area (Å²) in [5.74, 6) is -0.568. The summed E-state index contributed by atoms with van der Waals surface area (Å²) in [6.07, 6.45) is 0.818. The van der Waals surface area contributed by atoms with Crippen LogP contribution in [0.5, 0.6) is 0 Å². The Balaban J connectivity index is 1.45. The van der Waals surface area contributed by atoms with Crippen LogP contribution in [-0.2, 0) is 15.7 Å². The van der Waals surface area contributed by atoms with Crippen molar-refractivity contribution >= 4 is 23.2 Å². The fraction of sp³-hybridized carbons (Fsp3) is 0.381. The number of likely N-dealkylation sites (N-methyl/N-ethyl adjacent to an activating group) is 1. The van der Waals surface area contributed by atoms with Gasteiger partial charge in [0, 0.05) is 36.6 Å². The highest BCUT2D eigenvalue weighted by Gasteiger charge is 2.34. The van der Waals surface area contributed by atoms with Gasteiger partial charge >= 0.3 is 6.18 Å². The number of amides is 1. The number of nitrogens with zero attached hydrogens (tertiary/aromatic N) is 4. The van der Waals surface area contributed by atoms with E-state index < -0.39 is 17.6 Å². The van der Waals surface area contributed by atoms with E-state index in [0.717, 1.165) is 32.1 Å². The summed E-state index contributed by atoms with van der Waals surface area (Å²) < 4.78 is 46.7. The van der Waals surface area contributed by atoms with Gasteiger partial charge in [0.25, 0.3) is 5.91 Å². The van der Waals surface area contributed by atoms with Crippen molar-refractivity contribution in [1.29, 1.82) is 0 Å². The van der Waals surface area contributed by atoms with E-state index in [0.29, 0.717) is 17.0 Å². The van der Waals surface area contributed by atoms with E-state index in [4.69, 9.17) is 10.5 Å². The molecule has 3 N–H and O–H groups in total. The molecule has 1 saturated heterocycles. The summed E-state index contributed by atoms with van der Waals surface area (Å²) in [4.78, 5) is 22.5. The van der Waals surface area contributed by atoms with Crippen LogP contribution in [0, 0.1) is 0 Å². The first-order valence-corrected chi connectivity index (χ1v) is 10.2. The van der Waals surface area contributed by atoms with Crippen molar-refractivity contribution in [1.82, 2.24) is 19.3 Å². The summed E-state index contributed by atoms with van der Waals surface area (Å²) in [5, 5.41) is 2.69. The minimum absolute atomic E-state index is 0.0411. The molecule has 0 bridgehead atoms. The number of carbonyl (C=O) groups excluding carboxylic acids is 1. The Morgan fingerprint density at radius 3 is 2.84 bits per heavy atom. The number of halogens is 3. The Bertz CT molecular complexity index is 1130. The Labute approximate surface area is 182 Å². The Morgan fingerprint density at radius 2 is 2.12 bits per heavy atom. The predicted octanol–water partition coefficient (Wildman–Crippen LogP) is 3.05. The molecule has 1 aliphatic heterocycles. The van der Waals surface area contributed by atoms with Gasteiger partial charge < -0.3 is 25.1 Å². The molecule has 8 nitrogen and oxygen atoms in total. The van der Waals surface area contributed by atoms with Gasteiger partial charge in [0.1, 0.15) is 18.1 Å². The number of nitrogen functional groups attached to an aromatic ring is 1. The fourth-order valence-corrected chi connectivity index (χ4v) is 3.68. The van der Waals surface area contributed by atoms with E-state index in [1.54, 1.807) is 28.9 Å². The topological polar surface area (TPSA) is 97.8 Å². The molecule has 0 saturated carbocycles. The number of hydrogen-bond donors (Lipinski definition) is 2. The first-order chi connectivity index (χ1) is 15.2. The number of carbonyl (C=O) groups is 1. The molecule has 0 unspecified atom stereocenters. The zero-order valence-electron chi connectivity index (χ0n) is 17.4. The van der Waals surface area contributed by atoms with Gasteiger partial charge in [-0.1, -0.05) is 6.92 Å². The number of nitrogens with one attached hydrogen (secondary N) is 1. The van der Waals surface area contributed by atoms with Crippen molar-refractivity contribution in [3.05, 3.63) is 42.4 Å². The lowest BCUT2D eigenvalue weighted by molar-refractivity contribution is -0.137. The smallest absolute Gasteiger partial charge is 0.383 e. The van der Waals surface area contributed by atoms with Gasteiger partial charge in [-0.3, -0.25) is 4.79 Å². The fourth-order valence-electron chi connectivity index (χ4n) is 3.68. The van der Waals surface area contributed by atoms with Gasteiger partial charge in [-0.25, -0.2) is 9.97 Å². The maximum Gasteiger partial charge on any atom is 0.419 e. The molecule has 3 aromatic heterocycles. The summed E-state index contributed by atoms with van der Waals surface area (Å²) in [6.45, 7) is 4.75. The summed E-state index contributed by atoms with van der Waals surface area (Å²) in [6, 6.07) is 4.23. The standard InChI is InChI=1S/C21H23F3N6O2/c1-2-29-6-5-15(10-29)32-12-19(31)28-17-11-30-9-13(3-4-18(30)27-17)14-7-16(21(22,23)24)20(25)26-8-14/h3-4,7-9,11,15H,2,5-6,10,12H2,1H3,(H2,25,26)(H,28,31)/t15-/m1/s1. The number of imidazole rings is 1. The van der Waals surface area contributed by atoms with Crippen molar-refractivity contribution in [2.45, 2.75) is 25.6 Å². The van der Waals surface area contributed by atoms with Gasteiger partial charge in [0.15, 0.2) is 5.82 Å². The number of anilines is 2. The van der Waals surface area contributed by atoms with Crippen LogP contribution in [-0.4, -0.2) is 57.5 Å². The molecule has 0 aromatic carbocycles. The summed E-state index contributed by atoms with van der Waals surface area (Å²) >= 11 is 0. The van der Waals surface area contributed by atoms with Crippen LogP contribution in [0.3, 0.4) is 0 Å². The van der Waals surface area contributed by atoms with Crippen LogP contribution in [0.15, 0.2) is 36.8 Å². The zero-order valence-corrected chi connectivity index (χ0v) is 17.4. The molecule has 3 aromatic rings. The van der Waals surface area contributed by atoms with Crippen molar-refractivity contribution < 1.29 is 22.7 Å². The number of ether oxygens (including phenoxy) is 1. The minimum atomic E-state index is -4.60. The maximum atomic E-state index is 13.1. The van der Waals surface area contributed by atoms with Gasteiger partial charge in [0.05, 0.1) is 17.9 Å². The van der Waals surface area contributed by atoms with E-state index >= 15 is 0 Å². The van der Waals surface area contributed by atoms with Gasteiger partial charge in [0.2, 0.25) is 0 Å². The number of nitrogens with two attached hydrogens (primary N) is 1. The predicted molar refractivity (Wildman–Crippen MR) is 113 cm³/mol. The average Bonchev–Trinajstić information content (AvgIpc) is 3.37. The lowest BCUT2D eigenvalue weighted by atomic mass is 10.1. The van der Waals surface area contributed by atoms with Gasteiger partial charge in [-0.15, -0.1) is 0 Å². The average molecular weight is 448 g/mol.